The van der Waals surface area contributed by atoms with Gasteiger partial charge in [0.15, 0.2) is 0 Å². The van der Waals surface area contributed by atoms with E-state index in [1.165, 1.54) is 12.1 Å². The summed E-state index contributed by atoms with van der Waals surface area (Å²) in [6.07, 6.45) is -1.98. The Morgan fingerprint density at radius 2 is 1.75 bits per heavy atom. The molecule has 32 heavy (non-hydrogen) atoms. The lowest BCUT2D eigenvalue weighted by Gasteiger charge is -2.23. The first kappa shape index (κ1) is 20.3. The Kier molecular flexibility index (Phi) is 4.40. The molecule has 5 rings (SSSR count). The lowest BCUT2D eigenvalue weighted by Crippen LogP contribution is -2.36. The zero-order valence-electron chi connectivity index (χ0n) is 17.0. The normalized spacial score (nSPS) is 17.5. The number of hydrogen-bond donors (Lipinski definition) is 0. The molecule has 2 heterocycles. The molecule has 164 valence electrons. The number of nitrogens with zero attached hydrogens (tertiary/aromatic N) is 3. The van der Waals surface area contributed by atoms with Gasteiger partial charge in [-0.15, -0.1) is 13.2 Å². The summed E-state index contributed by atoms with van der Waals surface area (Å²) in [5, 5.41) is 0.913. The molecule has 3 aromatic rings. The number of halogens is 3. The van der Waals surface area contributed by atoms with E-state index in [0.717, 1.165) is 39.1 Å². The summed E-state index contributed by atoms with van der Waals surface area (Å²) in [5.41, 5.74) is 1.92. The van der Waals surface area contributed by atoms with Crippen molar-refractivity contribution in [2.75, 3.05) is 4.90 Å². The highest BCUT2D eigenvalue weighted by Gasteiger charge is 2.65. The number of carbonyl (C=O) groups is 2. The number of ether oxygens (including phenoxy) is 1. The minimum absolute atomic E-state index is 0.208. The summed E-state index contributed by atoms with van der Waals surface area (Å²) in [6, 6.07) is 11.9. The molecule has 0 radical (unpaired) electrons. The number of amides is 3. The second-order valence-corrected chi connectivity index (χ2v) is 8.02. The molecule has 1 aromatic heterocycles. The molecule has 2 aromatic carbocycles. The summed E-state index contributed by atoms with van der Waals surface area (Å²) < 4.78 is 41.2. The predicted octanol–water partition coefficient (Wildman–Crippen LogP) is 4.94. The van der Waals surface area contributed by atoms with Crippen molar-refractivity contribution in [2.45, 2.75) is 38.2 Å². The van der Waals surface area contributed by atoms with Crippen LogP contribution in [-0.4, -0.2) is 33.7 Å². The fourth-order valence-corrected chi connectivity index (χ4v) is 4.23. The number of imide groups is 1. The van der Waals surface area contributed by atoms with Gasteiger partial charge in [0.2, 0.25) is 0 Å². The fourth-order valence-electron chi connectivity index (χ4n) is 4.23. The van der Waals surface area contributed by atoms with Crippen LogP contribution >= 0.6 is 0 Å². The first-order valence-electron chi connectivity index (χ1n) is 10.0. The molecule has 0 N–H and O–H groups in total. The van der Waals surface area contributed by atoms with Crippen molar-refractivity contribution in [3.63, 3.8) is 0 Å². The number of rotatable bonds is 4. The quantitative estimate of drug-likeness (QED) is 0.538. The Hall–Kier alpha value is -3.62. The van der Waals surface area contributed by atoms with Crippen molar-refractivity contribution in [1.82, 2.24) is 9.88 Å². The van der Waals surface area contributed by atoms with E-state index in [4.69, 9.17) is 0 Å². The topological polar surface area (TPSA) is 62.7 Å². The lowest BCUT2D eigenvalue weighted by molar-refractivity contribution is -0.274. The van der Waals surface area contributed by atoms with Gasteiger partial charge < -0.3 is 9.64 Å². The summed E-state index contributed by atoms with van der Waals surface area (Å²) in [5.74, 6) is -0.778. The summed E-state index contributed by atoms with van der Waals surface area (Å²) in [6.45, 7) is 2.15. The SMILES string of the molecule is Cc1cnc2ccccc2c1CN1C(=O)N(c2ccc(OC(F)(F)F)cc2)C(=O)C12CC2. The third-order valence-electron chi connectivity index (χ3n) is 6.01. The molecular weight excluding hydrogens is 423 g/mol. The van der Waals surface area contributed by atoms with Crippen LogP contribution in [0.5, 0.6) is 5.75 Å². The fraction of sp³-hybridized carbons (Fsp3) is 0.261. The van der Waals surface area contributed by atoms with Crippen molar-refractivity contribution in [3.05, 3.63) is 65.9 Å². The highest BCUT2D eigenvalue weighted by Crippen LogP contribution is 2.50. The van der Waals surface area contributed by atoms with Crippen molar-refractivity contribution in [2.24, 2.45) is 0 Å². The van der Waals surface area contributed by atoms with Crippen molar-refractivity contribution >= 4 is 28.5 Å². The number of benzene rings is 2. The van der Waals surface area contributed by atoms with Crippen LogP contribution in [0.3, 0.4) is 0 Å². The van der Waals surface area contributed by atoms with Crippen LogP contribution in [0.4, 0.5) is 23.7 Å². The smallest absolute Gasteiger partial charge is 0.406 e. The van der Waals surface area contributed by atoms with Crippen molar-refractivity contribution in [1.29, 1.82) is 0 Å². The van der Waals surface area contributed by atoms with Crippen molar-refractivity contribution < 1.29 is 27.5 Å². The van der Waals surface area contributed by atoms with Gasteiger partial charge in [0.05, 0.1) is 11.2 Å². The molecule has 9 heteroatoms. The number of anilines is 1. The summed E-state index contributed by atoms with van der Waals surface area (Å²) in [7, 11) is 0. The van der Waals surface area contributed by atoms with E-state index in [9.17, 15) is 22.8 Å². The molecule has 1 spiro atoms. The van der Waals surface area contributed by atoms with E-state index in [1.54, 1.807) is 11.1 Å². The number of aryl methyl sites for hydroxylation is 1. The molecule has 3 amide bonds. The highest BCUT2D eigenvalue weighted by molar-refractivity contribution is 6.24. The molecule has 0 bridgehead atoms. The minimum atomic E-state index is -4.82. The van der Waals surface area contributed by atoms with Gasteiger partial charge in [0.1, 0.15) is 11.3 Å². The first-order valence-corrected chi connectivity index (χ1v) is 10.0. The van der Waals surface area contributed by atoms with E-state index in [0.29, 0.717) is 12.8 Å². The largest absolute Gasteiger partial charge is 0.573 e. The molecule has 0 atom stereocenters. The molecule has 0 unspecified atom stereocenters. The Balaban J connectivity index is 1.47. The van der Waals surface area contributed by atoms with Gasteiger partial charge >= 0.3 is 12.4 Å². The van der Waals surface area contributed by atoms with Crippen LogP contribution in [0.2, 0.25) is 0 Å². The van der Waals surface area contributed by atoms with Crippen LogP contribution in [0.25, 0.3) is 10.9 Å². The molecule has 6 nitrogen and oxygen atoms in total. The lowest BCUT2D eigenvalue weighted by atomic mass is 10.0. The first-order chi connectivity index (χ1) is 15.2. The molecule has 1 saturated carbocycles. The number of carbonyl (C=O) groups excluding carboxylic acids is 2. The average Bonchev–Trinajstić information content (AvgIpc) is 3.51. The van der Waals surface area contributed by atoms with Gasteiger partial charge in [-0.3, -0.25) is 9.78 Å². The van der Waals surface area contributed by atoms with Gasteiger partial charge in [-0.2, -0.15) is 0 Å². The maximum atomic E-state index is 13.3. The maximum Gasteiger partial charge on any atom is 0.573 e. The molecule has 1 aliphatic heterocycles. The van der Waals surface area contributed by atoms with Gasteiger partial charge in [-0.1, -0.05) is 18.2 Å². The highest BCUT2D eigenvalue weighted by atomic mass is 19.4. The monoisotopic (exact) mass is 441 g/mol. The van der Waals surface area contributed by atoms with Crippen LogP contribution < -0.4 is 9.64 Å². The Morgan fingerprint density at radius 1 is 1.06 bits per heavy atom. The van der Waals surface area contributed by atoms with E-state index >= 15 is 0 Å². The standard InChI is InChI=1S/C23H18F3N3O3/c1-14-12-27-19-5-3-2-4-17(19)18(14)13-28-21(31)29(20(30)22(28)10-11-22)15-6-8-16(9-7-15)32-23(24,25)26/h2-9,12H,10-11,13H2,1H3. The summed E-state index contributed by atoms with van der Waals surface area (Å²) >= 11 is 0. The molecular formula is C23H18F3N3O3. The molecule has 2 aliphatic rings. The molecule has 1 saturated heterocycles. The van der Waals surface area contributed by atoms with Crippen LogP contribution in [0.15, 0.2) is 54.7 Å². The third kappa shape index (κ3) is 3.24. The second kappa shape index (κ2) is 6.94. The van der Waals surface area contributed by atoms with Gasteiger partial charge in [-0.25, -0.2) is 9.69 Å². The van der Waals surface area contributed by atoms with E-state index in [2.05, 4.69) is 9.72 Å². The third-order valence-corrected chi connectivity index (χ3v) is 6.01. The van der Waals surface area contributed by atoms with E-state index in [1.807, 2.05) is 31.2 Å². The van der Waals surface area contributed by atoms with Crippen molar-refractivity contribution in [3.8, 4) is 5.75 Å². The predicted molar refractivity (Wildman–Crippen MR) is 110 cm³/mol. The summed E-state index contributed by atoms with van der Waals surface area (Å²) in [4.78, 5) is 33.6. The number of urea groups is 1. The zero-order valence-corrected chi connectivity index (χ0v) is 17.0. The molecule has 2 fully saturated rings. The minimum Gasteiger partial charge on any atom is -0.406 e. The van der Waals surface area contributed by atoms with Gasteiger partial charge in [0.25, 0.3) is 5.91 Å². The van der Waals surface area contributed by atoms with E-state index in [-0.39, 0.29) is 18.1 Å². The number of hydrogen-bond acceptors (Lipinski definition) is 4. The Morgan fingerprint density at radius 3 is 2.41 bits per heavy atom. The van der Waals surface area contributed by atoms with E-state index < -0.39 is 23.7 Å². The Bertz CT molecular complexity index is 1240. The average molecular weight is 441 g/mol. The number of fused-ring (bicyclic) bond motifs is 1. The number of para-hydroxylation sites is 1. The van der Waals surface area contributed by atoms with Crippen LogP contribution in [-0.2, 0) is 11.3 Å². The number of pyridine rings is 1. The Labute approximate surface area is 181 Å². The maximum absolute atomic E-state index is 13.3. The van der Waals surface area contributed by atoms with Crippen LogP contribution in [0, 0.1) is 6.92 Å². The van der Waals surface area contributed by atoms with Crippen LogP contribution in [0.1, 0.15) is 24.0 Å². The zero-order chi connectivity index (χ0) is 22.7. The van der Waals surface area contributed by atoms with Gasteiger partial charge in [-0.05, 0) is 61.2 Å². The number of aromatic nitrogens is 1. The second-order valence-electron chi connectivity index (χ2n) is 8.02. The van der Waals surface area contributed by atoms with Gasteiger partial charge in [0, 0.05) is 18.1 Å². The number of alkyl halides is 3. The molecule has 1 aliphatic carbocycles.